The number of likely N-dealkylation sites (N-methyl/N-ethyl adjacent to an activating group) is 1. The summed E-state index contributed by atoms with van der Waals surface area (Å²) in [7, 11) is 0. The van der Waals surface area contributed by atoms with Gasteiger partial charge in [0.2, 0.25) is 0 Å². The van der Waals surface area contributed by atoms with Gasteiger partial charge in [-0.2, -0.15) is 0 Å². The first-order valence-corrected chi connectivity index (χ1v) is 7.99. The van der Waals surface area contributed by atoms with E-state index in [2.05, 4.69) is 19.2 Å². The summed E-state index contributed by atoms with van der Waals surface area (Å²) in [4.78, 5) is 0. The lowest BCUT2D eigenvalue weighted by atomic mass is 9.81. The van der Waals surface area contributed by atoms with Crippen molar-refractivity contribution in [3.63, 3.8) is 0 Å². The Labute approximate surface area is 125 Å². The second-order valence-electron chi connectivity index (χ2n) is 5.86. The number of ether oxygens (including phenoxy) is 1. The Hall–Kier alpha value is -1.16. The van der Waals surface area contributed by atoms with E-state index in [0.29, 0.717) is 5.92 Å². The van der Waals surface area contributed by atoms with E-state index in [0.717, 1.165) is 44.0 Å². The molecule has 1 aromatic carbocycles. The number of hydrogen-bond acceptors (Lipinski definition) is 2. The third kappa shape index (κ3) is 4.40. The average Bonchev–Trinajstić information content (AvgIpc) is 2.46. The van der Waals surface area contributed by atoms with Gasteiger partial charge in [-0.15, -0.1) is 0 Å². The van der Waals surface area contributed by atoms with E-state index in [1.54, 1.807) is 0 Å². The zero-order chi connectivity index (χ0) is 15.2. The molecular weight excluding hydrogens is 272 g/mol. The minimum atomic E-state index is -0.496. The molecule has 3 atom stereocenters. The Morgan fingerprint density at radius 3 is 2.76 bits per heavy atom. The molecule has 0 radical (unpaired) electrons. The lowest BCUT2D eigenvalue weighted by Gasteiger charge is -2.36. The van der Waals surface area contributed by atoms with Gasteiger partial charge < -0.3 is 10.1 Å². The standard InChI is InChI=1S/C17H25F2NO/c1-3-5-12-6-9-15(20-4-2)17(10-12)21-16-11-13(18)7-8-14(16)19/h7-8,11-12,15,17,20H,3-6,9-10H2,1-2H3. The van der Waals surface area contributed by atoms with Crippen LogP contribution in [0.2, 0.25) is 0 Å². The van der Waals surface area contributed by atoms with Crippen molar-refractivity contribution in [2.24, 2.45) is 5.92 Å². The van der Waals surface area contributed by atoms with Crippen LogP contribution in [0.4, 0.5) is 8.78 Å². The predicted octanol–water partition coefficient (Wildman–Crippen LogP) is 4.29. The van der Waals surface area contributed by atoms with Crippen molar-refractivity contribution in [3.8, 4) is 5.75 Å². The van der Waals surface area contributed by atoms with Crippen LogP contribution >= 0.6 is 0 Å². The molecule has 0 aromatic heterocycles. The van der Waals surface area contributed by atoms with E-state index < -0.39 is 11.6 Å². The maximum atomic E-state index is 13.8. The fourth-order valence-electron chi connectivity index (χ4n) is 3.24. The first-order valence-electron chi connectivity index (χ1n) is 7.99. The fourth-order valence-corrected chi connectivity index (χ4v) is 3.24. The molecule has 118 valence electrons. The Bertz CT molecular complexity index is 452. The zero-order valence-corrected chi connectivity index (χ0v) is 12.9. The molecule has 1 saturated carbocycles. The van der Waals surface area contributed by atoms with Gasteiger partial charge in [0.05, 0.1) is 0 Å². The number of nitrogens with one attached hydrogen (secondary N) is 1. The third-order valence-electron chi connectivity index (χ3n) is 4.24. The highest BCUT2D eigenvalue weighted by atomic mass is 19.1. The monoisotopic (exact) mass is 297 g/mol. The van der Waals surface area contributed by atoms with E-state index in [1.807, 2.05) is 0 Å². The molecule has 2 rings (SSSR count). The predicted molar refractivity (Wildman–Crippen MR) is 80.5 cm³/mol. The molecule has 3 unspecified atom stereocenters. The van der Waals surface area contributed by atoms with Crippen LogP contribution < -0.4 is 10.1 Å². The maximum Gasteiger partial charge on any atom is 0.165 e. The van der Waals surface area contributed by atoms with Crippen LogP contribution in [0.1, 0.15) is 46.0 Å². The molecule has 4 heteroatoms. The molecule has 0 amide bonds. The average molecular weight is 297 g/mol. The topological polar surface area (TPSA) is 21.3 Å². The fraction of sp³-hybridized carbons (Fsp3) is 0.647. The largest absolute Gasteiger partial charge is 0.486 e. The molecule has 0 spiro atoms. The van der Waals surface area contributed by atoms with Crippen molar-refractivity contribution in [3.05, 3.63) is 29.8 Å². The van der Waals surface area contributed by atoms with Crippen molar-refractivity contribution in [1.29, 1.82) is 0 Å². The van der Waals surface area contributed by atoms with Gasteiger partial charge in [0, 0.05) is 12.1 Å². The van der Waals surface area contributed by atoms with Crippen molar-refractivity contribution in [2.45, 2.75) is 58.1 Å². The van der Waals surface area contributed by atoms with Crippen molar-refractivity contribution in [1.82, 2.24) is 5.32 Å². The Balaban J connectivity index is 2.09. The third-order valence-corrected chi connectivity index (χ3v) is 4.24. The van der Waals surface area contributed by atoms with Gasteiger partial charge in [0.1, 0.15) is 11.9 Å². The summed E-state index contributed by atoms with van der Waals surface area (Å²) < 4.78 is 32.9. The first kappa shape index (κ1) is 16.2. The molecule has 0 heterocycles. The summed E-state index contributed by atoms with van der Waals surface area (Å²) in [5.41, 5.74) is 0. The normalized spacial score (nSPS) is 25.8. The molecule has 1 N–H and O–H groups in total. The molecule has 2 nitrogen and oxygen atoms in total. The lowest BCUT2D eigenvalue weighted by molar-refractivity contribution is 0.0801. The van der Waals surface area contributed by atoms with Gasteiger partial charge in [-0.25, -0.2) is 8.78 Å². The van der Waals surface area contributed by atoms with Crippen LogP contribution in [0.15, 0.2) is 18.2 Å². The van der Waals surface area contributed by atoms with Crippen LogP contribution in [0.3, 0.4) is 0 Å². The summed E-state index contributed by atoms with van der Waals surface area (Å²) in [6.45, 7) is 5.09. The van der Waals surface area contributed by atoms with E-state index >= 15 is 0 Å². The van der Waals surface area contributed by atoms with Crippen LogP contribution in [0.5, 0.6) is 5.75 Å². The lowest BCUT2D eigenvalue weighted by Crippen LogP contribution is -2.47. The summed E-state index contributed by atoms with van der Waals surface area (Å²) in [6.07, 6.45) is 5.34. The number of hydrogen-bond donors (Lipinski definition) is 1. The number of benzene rings is 1. The van der Waals surface area contributed by atoms with Crippen LogP contribution in [-0.2, 0) is 0 Å². The van der Waals surface area contributed by atoms with Crippen molar-refractivity contribution < 1.29 is 13.5 Å². The Morgan fingerprint density at radius 2 is 2.05 bits per heavy atom. The zero-order valence-electron chi connectivity index (χ0n) is 12.9. The van der Waals surface area contributed by atoms with E-state index in [1.165, 1.54) is 12.8 Å². The van der Waals surface area contributed by atoms with Crippen molar-refractivity contribution >= 4 is 0 Å². The summed E-state index contributed by atoms with van der Waals surface area (Å²) in [5.74, 6) is -0.317. The van der Waals surface area contributed by atoms with Gasteiger partial charge in [0.15, 0.2) is 11.6 Å². The highest BCUT2D eigenvalue weighted by Crippen LogP contribution is 2.32. The summed E-state index contributed by atoms with van der Waals surface area (Å²) >= 11 is 0. The highest BCUT2D eigenvalue weighted by molar-refractivity contribution is 5.25. The molecule has 1 aliphatic carbocycles. The molecule has 1 aromatic rings. The molecule has 1 aliphatic rings. The van der Waals surface area contributed by atoms with Crippen LogP contribution in [0, 0.1) is 17.6 Å². The van der Waals surface area contributed by atoms with E-state index in [9.17, 15) is 8.78 Å². The van der Waals surface area contributed by atoms with Gasteiger partial charge >= 0.3 is 0 Å². The van der Waals surface area contributed by atoms with Gasteiger partial charge in [-0.1, -0.05) is 26.7 Å². The molecular formula is C17H25F2NO. The molecule has 1 fully saturated rings. The number of halogens is 2. The van der Waals surface area contributed by atoms with Crippen LogP contribution in [0.25, 0.3) is 0 Å². The maximum absolute atomic E-state index is 13.8. The second-order valence-corrected chi connectivity index (χ2v) is 5.86. The molecule has 0 aliphatic heterocycles. The molecule has 21 heavy (non-hydrogen) atoms. The van der Waals surface area contributed by atoms with E-state index in [4.69, 9.17) is 4.74 Å². The SMILES string of the molecule is CCCC1CCC(NCC)C(Oc2cc(F)ccc2F)C1. The summed E-state index contributed by atoms with van der Waals surface area (Å²) in [5, 5.41) is 3.41. The first-order chi connectivity index (χ1) is 10.1. The highest BCUT2D eigenvalue weighted by Gasteiger charge is 2.31. The van der Waals surface area contributed by atoms with Gasteiger partial charge in [0.25, 0.3) is 0 Å². The van der Waals surface area contributed by atoms with Gasteiger partial charge in [-0.3, -0.25) is 0 Å². The second kappa shape index (κ2) is 7.74. The Morgan fingerprint density at radius 1 is 1.24 bits per heavy atom. The van der Waals surface area contributed by atoms with Crippen molar-refractivity contribution in [2.75, 3.05) is 6.54 Å². The Kier molecular flexibility index (Phi) is 5.97. The molecule has 0 bridgehead atoms. The minimum Gasteiger partial charge on any atom is -0.486 e. The van der Waals surface area contributed by atoms with Gasteiger partial charge in [-0.05, 0) is 43.9 Å². The van der Waals surface area contributed by atoms with E-state index in [-0.39, 0.29) is 17.9 Å². The smallest absolute Gasteiger partial charge is 0.165 e. The number of rotatable bonds is 6. The quantitative estimate of drug-likeness (QED) is 0.845. The molecule has 0 saturated heterocycles. The van der Waals surface area contributed by atoms with Crippen LogP contribution in [-0.4, -0.2) is 18.7 Å². The summed E-state index contributed by atoms with van der Waals surface area (Å²) in [6, 6.07) is 3.59. The minimum absolute atomic E-state index is 0.0278.